The van der Waals surface area contributed by atoms with Crippen LogP contribution in [0.5, 0.6) is 17.2 Å². The van der Waals surface area contributed by atoms with Crippen LogP contribution >= 0.6 is 0 Å². The third kappa shape index (κ3) is 5.91. The van der Waals surface area contributed by atoms with Crippen LogP contribution in [0.3, 0.4) is 0 Å². The number of amides is 1. The Labute approximate surface area is 142 Å². The van der Waals surface area contributed by atoms with Gasteiger partial charge in [-0.25, -0.2) is 4.79 Å². The lowest BCUT2D eigenvalue weighted by atomic mass is 10.2. The molecule has 0 saturated heterocycles. The number of hydrogen-bond donors (Lipinski definition) is 1. The lowest BCUT2D eigenvalue weighted by Crippen LogP contribution is -2.21. The second kappa shape index (κ2) is 8.27. The van der Waals surface area contributed by atoms with Crippen LogP contribution in [0.4, 0.5) is 18.0 Å². The van der Waals surface area contributed by atoms with Crippen LogP contribution in [0, 0.1) is 0 Å². The van der Waals surface area contributed by atoms with E-state index in [4.69, 9.17) is 14.2 Å². The van der Waals surface area contributed by atoms with Crippen molar-refractivity contribution in [1.29, 1.82) is 0 Å². The van der Waals surface area contributed by atoms with Crippen molar-refractivity contribution in [3.63, 3.8) is 0 Å². The molecular formula is C17H16F3NO4. The summed E-state index contributed by atoms with van der Waals surface area (Å²) in [7, 11) is 1.45. The molecule has 2 rings (SSSR count). The highest BCUT2D eigenvalue weighted by molar-refractivity contribution is 5.69. The minimum Gasteiger partial charge on any atom is -0.490 e. The Morgan fingerprint density at radius 1 is 0.880 bits per heavy atom. The number of halogens is 3. The summed E-state index contributed by atoms with van der Waals surface area (Å²) in [4.78, 5) is 11.0. The highest BCUT2D eigenvalue weighted by atomic mass is 19.4. The van der Waals surface area contributed by atoms with Gasteiger partial charge in [0.15, 0.2) is 0 Å². The zero-order chi connectivity index (χ0) is 18.3. The van der Waals surface area contributed by atoms with Crippen LogP contribution in [-0.4, -0.2) is 26.4 Å². The molecule has 25 heavy (non-hydrogen) atoms. The summed E-state index contributed by atoms with van der Waals surface area (Å²) >= 11 is 0. The van der Waals surface area contributed by atoms with E-state index in [0.717, 1.165) is 12.1 Å². The summed E-state index contributed by atoms with van der Waals surface area (Å²) in [5.74, 6) is 1.24. The fraction of sp³-hybridized carbons (Fsp3) is 0.235. The van der Waals surface area contributed by atoms with Gasteiger partial charge in [-0.15, -0.1) is 0 Å². The van der Waals surface area contributed by atoms with Gasteiger partial charge in [0, 0.05) is 7.05 Å². The van der Waals surface area contributed by atoms with Crippen LogP contribution in [0.1, 0.15) is 5.56 Å². The topological polar surface area (TPSA) is 56.8 Å². The first kappa shape index (κ1) is 18.4. The highest BCUT2D eigenvalue weighted by Crippen LogP contribution is 2.30. The molecule has 0 aliphatic carbocycles. The Bertz CT molecular complexity index is 685. The molecule has 1 amide bonds. The Morgan fingerprint density at radius 3 is 1.76 bits per heavy atom. The van der Waals surface area contributed by atoms with Crippen LogP contribution in [0.25, 0.3) is 0 Å². The van der Waals surface area contributed by atoms with Crippen LogP contribution < -0.4 is 19.5 Å². The lowest BCUT2D eigenvalue weighted by Gasteiger charge is -2.10. The predicted molar refractivity (Wildman–Crippen MR) is 84.0 cm³/mol. The second-order valence-corrected chi connectivity index (χ2v) is 4.83. The van der Waals surface area contributed by atoms with Crippen molar-refractivity contribution in [3.05, 3.63) is 54.1 Å². The average molecular weight is 355 g/mol. The van der Waals surface area contributed by atoms with Crippen molar-refractivity contribution < 1.29 is 32.2 Å². The van der Waals surface area contributed by atoms with Gasteiger partial charge in [0.25, 0.3) is 0 Å². The van der Waals surface area contributed by atoms with Crippen molar-refractivity contribution in [3.8, 4) is 17.2 Å². The van der Waals surface area contributed by atoms with E-state index in [1.165, 1.54) is 19.2 Å². The van der Waals surface area contributed by atoms with E-state index in [0.29, 0.717) is 17.2 Å². The maximum absolute atomic E-state index is 12.4. The molecule has 0 fully saturated rings. The molecule has 0 heterocycles. The minimum absolute atomic E-state index is 0.169. The van der Waals surface area contributed by atoms with Crippen molar-refractivity contribution in [2.75, 3.05) is 20.3 Å². The van der Waals surface area contributed by atoms with Gasteiger partial charge in [-0.1, -0.05) is 0 Å². The molecule has 134 valence electrons. The van der Waals surface area contributed by atoms with Crippen molar-refractivity contribution in [2.45, 2.75) is 6.18 Å². The monoisotopic (exact) mass is 355 g/mol. The lowest BCUT2D eigenvalue weighted by molar-refractivity contribution is -0.137. The van der Waals surface area contributed by atoms with Gasteiger partial charge in [-0.3, -0.25) is 0 Å². The number of carbonyl (C=O) groups is 1. The summed E-state index contributed by atoms with van der Waals surface area (Å²) in [6, 6.07) is 10.8. The Kier molecular flexibility index (Phi) is 6.10. The quantitative estimate of drug-likeness (QED) is 0.799. The summed E-state index contributed by atoms with van der Waals surface area (Å²) in [6.07, 6.45) is -4.94. The molecule has 1 N–H and O–H groups in total. The molecule has 0 atom stereocenters. The molecule has 2 aromatic carbocycles. The van der Waals surface area contributed by atoms with Crippen molar-refractivity contribution in [1.82, 2.24) is 5.32 Å². The molecule has 0 aliphatic heterocycles. The molecule has 0 saturated carbocycles. The van der Waals surface area contributed by atoms with Crippen LogP contribution in [-0.2, 0) is 6.18 Å². The molecule has 5 nitrogen and oxygen atoms in total. The van der Waals surface area contributed by atoms with E-state index in [9.17, 15) is 18.0 Å². The molecule has 0 radical (unpaired) electrons. The van der Waals surface area contributed by atoms with Gasteiger partial charge in [0.1, 0.15) is 30.5 Å². The number of benzene rings is 2. The molecular weight excluding hydrogens is 339 g/mol. The average Bonchev–Trinajstić information content (AvgIpc) is 2.59. The maximum atomic E-state index is 12.4. The molecule has 8 heteroatoms. The molecule has 0 unspecified atom stereocenters. The first-order valence-electron chi connectivity index (χ1n) is 7.31. The zero-order valence-electron chi connectivity index (χ0n) is 13.3. The van der Waals surface area contributed by atoms with Gasteiger partial charge in [-0.05, 0) is 48.5 Å². The van der Waals surface area contributed by atoms with Gasteiger partial charge in [-0.2, -0.15) is 13.2 Å². The first-order chi connectivity index (χ1) is 11.9. The Hall–Kier alpha value is -2.90. The molecule has 0 spiro atoms. The summed E-state index contributed by atoms with van der Waals surface area (Å²) in [6.45, 7) is 0.374. The second-order valence-electron chi connectivity index (χ2n) is 4.83. The first-order valence-corrected chi connectivity index (χ1v) is 7.31. The largest absolute Gasteiger partial charge is 0.490 e. The van der Waals surface area contributed by atoms with E-state index in [1.807, 2.05) is 0 Å². The van der Waals surface area contributed by atoms with Crippen LogP contribution in [0.2, 0.25) is 0 Å². The van der Waals surface area contributed by atoms with Crippen LogP contribution in [0.15, 0.2) is 48.5 Å². The smallest absolute Gasteiger partial charge is 0.416 e. The predicted octanol–water partition coefficient (Wildman–Crippen LogP) is 3.88. The standard InChI is InChI=1S/C17H16F3NO4/c1-21-16(22)25-15-8-6-14(7-9-15)24-11-10-23-13-4-2-12(3-5-13)17(18,19)20/h2-9H,10-11H2,1H3,(H,21,22). The Balaban J connectivity index is 1.75. The fourth-order valence-corrected chi connectivity index (χ4v) is 1.82. The van der Waals surface area contributed by atoms with Crippen molar-refractivity contribution in [2.24, 2.45) is 0 Å². The summed E-state index contributed by atoms with van der Waals surface area (Å²) < 4.78 is 53.0. The number of rotatable bonds is 6. The zero-order valence-corrected chi connectivity index (χ0v) is 13.3. The molecule has 0 aliphatic rings. The van der Waals surface area contributed by atoms with Crippen molar-refractivity contribution >= 4 is 6.09 Å². The summed E-state index contributed by atoms with van der Waals surface area (Å²) in [5, 5.41) is 2.33. The Morgan fingerprint density at radius 2 is 1.32 bits per heavy atom. The molecule has 0 aromatic heterocycles. The van der Waals surface area contributed by atoms with E-state index in [1.54, 1.807) is 24.3 Å². The number of alkyl halides is 3. The maximum Gasteiger partial charge on any atom is 0.416 e. The van der Waals surface area contributed by atoms with E-state index >= 15 is 0 Å². The van der Waals surface area contributed by atoms with Gasteiger partial charge >= 0.3 is 12.3 Å². The summed E-state index contributed by atoms with van der Waals surface area (Å²) in [5.41, 5.74) is -0.727. The van der Waals surface area contributed by atoms with Gasteiger partial charge < -0.3 is 19.5 Å². The van der Waals surface area contributed by atoms with E-state index < -0.39 is 17.8 Å². The fourth-order valence-electron chi connectivity index (χ4n) is 1.82. The van der Waals surface area contributed by atoms with Gasteiger partial charge in [0.2, 0.25) is 0 Å². The third-order valence-corrected chi connectivity index (χ3v) is 3.04. The van der Waals surface area contributed by atoms with E-state index in [2.05, 4.69) is 5.32 Å². The number of nitrogens with one attached hydrogen (secondary N) is 1. The minimum atomic E-state index is -4.37. The molecule has 0 bridgehead atoms. The number of hydrogen-bond acceptors (Lipinski definition) is 4. The van der Waals surface area contributed by atoms with Gasteiger partial charge in [0.05, 0.1) is 5.56 Å². The third-order valence-electron chi connectivity index (χ3n) is 3.04. The highest BCUT2D eigenvalue weighted by Gasteiger charge is 2.29. The number of carbonyl (C=O) groups excluding carboxylic acids is 1. The number of ether oxygens (including phenoxy) is 3. The molecule has 2 aromatic rings. The normalized spacial score (nSPS) is 10.9. The van der Waals surface area contributed by atoms with E-state index in [-0.39, 0.29) is 13.2 Å². The SMILES string of the molecule is CNC(=O)Oc1ccc(OCCOc2ccc(C(F)(F)F)cc2)cc1.